The fourth-order valence-corrected chi connectivity index (χ4v) is 2.58. The Morgan fingerprint density at radius 2 is 1.44 bits per heavy atom. The molecule has 0 radical (unpaired) electrons. The smallest absolute Gasteiger partial charge is 0.193 e. The number of nitrogens with one attached hydrogen (secondary N) is 1. The van der Waals surface area contributed by atoms with E-state index in [1.807, 2.05) is 31.3 Å². The first-order valence-corrected chi connectivity index (χ1v) is 8.34. The summed E-state index contributed by atoms with van der Waals surface area (Å²) in [6.07, 6.45) is 0.930. The van der Waals surface area contributed by atoms with Crippen LogP contribution in [0.3, 0.4) is 0 Å². The van der Waals surface area contributed by atoms with Gasteiger partial charge < -0.3 is 19.7 Å². The van der Waals surface area contributed by atoms with Crippen molar-refractivity contribution in [3.8, 4) is 11.5 Å². The standard InChI is InChI=1S/C20H27N3O2/c1-21-20(22-14-13-16-5-9-18(24-3)10-6-16)23(2)15-17-7-11-19(25-4)12-8-17/h5-12H,13-15H2,1-4H3,(H,21,22). The van der Waals surface area contributed by atoms with E-state index in [-0.39, 0.29) is 0 Å². The maximum atomic E-state index is 5.19. The first-order valence-electron chi connectivity index (χ1n) is 8.34. The van der Waals surface area contributed by atoms with Crippen LogP contribution in [0.15, 0.2) is 53.5 Å². The van der Waals surface area contributed by atoms with Crippen molar-refractivity contribution in [1.29, 1.82) is 0 Å². The fraction of sp³-hybridized carbons (Fsp3) is 0.350. The number of nitrogens with zero attached hydrogens (tertiary/aromatic N) is 2. The molecule has 0 unspecified atom stereocenters. The van der Waals surface area contributed by atoms with E-state index in [2.05, 4.69) is 39.5 Å². The van der Waals surface area contributed by atoms with Crippen LogP contribution >= 0.6 is 0 Å². The Hall–Kier alpha value is -2.69. The Morgan fingerprint density at radius 1 is 0.920 bits per heavy atom. The van der Waals surface area contributed by atoms with Crippen molar-refractivity contribution in [2.75, 3.05) is 34.9 Å². The third-order valence-electron chi connectivity index (χ3n) is 4.01. The number of hydrogen-bond donors (Lipinski definition) is 1. The van der Waals surface area contributed by atoms with Crippen molar-refractivity contribution in [2.45, 2.75) is 13.0 Å². The first kappa shape index (κ1) is 18.6. The highest BCUT2D eigenvalue weighted by molar-refractivity contribution is 5.79. The number of aliphatic imine (C=N–C) groups is 1. The summed E-state index contributed by atoms with van der Waals surface area (Å²) >= 11 is 0. The van der Waals surface area contributed by atoms with Crippen LogP contribution in [0.25, 0.3) is 0 Å². The third kappa shape index (κ3) is 5.71. The zero-order valence-corrected chi connectivity index (χ0v) is 15.5. The Balaban J connectivity index is 1.83. The van der Waals surface area contributed by atoms with Crippen molar-refractivity contribution in [3.63, 3.8) is 0 Å². The molecule has 5 heteroatoms. The van der Waals surface area contributed by atoms with Crippen molar-refractivity contribution in [3.05, 3.63) is 59.7 Å². The minimum absolute atomic E-state index is 0.784. The Morgan fingerprint density at radius 3 is 1.92 bits per heavy atom. The highest BCUT2D eigenvalue weighted by Crippen LogP contribution is 2.13. The van der Waals surface area contributed by atoms with Crippen molar-refractivity contribution in [1.82, 2.24) is 10.2 Å². The molecule has 0 bridgehead atoms. The molecule has 0 aromatic heterocycles. The molecule has 0 spiro atoms. The van der Waals surface area contributed by atoms with Crippen molar-refractivity contribution >= 4 is 5.96 Å². The fourth-order valence-electron chi connectivity index (χ4n) is 2.58. The van der Waals surface area contributed by atoms with Gasteiger partial charge in [0.15, 0.2) is 5.96 Å². The molecule has 0 aliphatic carbocycles. The minimum atomic E-state index is 0.784. The maximum Gasteiger partial charge on any atom is 0.193 e. The van der Waals surface area contributed by atoms with Gasteiger partial charge in [0.2, 0.25) is 0 Å². The van der Waals surface area contributed by atoms with Gasteiger partial charge in [0.05, 0.1) is 14.2 Å². The summed E-state index contributed by atoms with van der Waals surface area (Å²) in [6, 6.07) is 16.2. The number of methoxy groups -OCH3 is 2. The average Bonchev–Trinajstić information content (AvgIpc) is 2.66. The zero-order valence-electron chi connectivity index (χ0n) is 15.5. The lowest BCUT2D eigenvalue weighted by Gasteiger charge is -2.22. The largest absolute Gasteiger partial charge is 0.497 e. The average molecular weight is 341 g/mol. The predicted octanol–water partition coefficient (Wildman–Crippen LogP) is 2.95. The van der Waals surface area contributed by atoms with E-state index in [1.54, 1.807) is 21.3 Å². The topological polar surface area (TPSA) is 46.1 Å². The van der Waals surface area contributed by atoms with Gasteiger partial charge in [-0.05, 0) is 41.8 Å². The molecule has 0 atom stereocenters. The van der Waals surface area contributed by atoms with Gasteiger partial charge in [-0.1, -0.05) is 24.3 Å². The van der Waals surface area contributed by atoms with Gasteiger partial charge in [-0.2, -0.15) is 0 Å². The highest BCUT2D eigenvalue weighted by Gasteiger charge is 2.06. The van der Waals surface area contributed by atoms with E-state index in [0.29, 0.717) is 0 Å². The molecule has 0 heterocycles. The summed E-state index contributed by atoms with van der Waals surface area (Å²) in [4.78, 5) is 6.47. The normalized spacial score (nSPS) is 11.1. The first-order chi connectivity index (χ1) is 12.2. The monoisotopic (exact) mass is 341 g/mol. The van der Waals surface area contributed by atoms with Gasteiger partial charge >= 0.3 is 0 Å². The Labute approximate surface area is 150 Å². The number of rotatable bonds is 7. The van der Waals surface area contributed by atoms with Crippen molar-refractivity contribution in [2.24, 2.45) is 4.99 Å². The maximum absolute atomic E-state index is 5.19. The van der Waals surface area contributed by atoms with Crippen LogP contribution in [0, 0.1) is 0 Å². The zero-order chi connectivity index (χ0) is 18.1. The molecule has 0 aliphatic heterocycles. The quantitative estimate of drug-likeness (QED) is 0.621. The molecule has 2 aromatic carbocycles. The lowest BCUT2D eigenvalue weighted by atomic mass is 10.1. The van der Waals surface area contributed by atoms with E-state index >= 15 is 0 Å². The van der Waals surface area contributed by atoms with Crippen LogP contribution in [-0.4, -0.2) is 45.7 Å². The van der Waals surface area contributed by atoms with Gasteiger partial charge in [0, 0.05) is 27.2 Å². The number of hydrogen-bond acceptors (Lipinski definition) is 3. The molecule has 0 saturated heterocycles. The van der Waals surface area contributed by atoms with Crippen LogP contribution < -0.4 is 14.8 Å². The molecule has 0 aliphatic rings. The third-order valence-corrected chi connectivity index (χ3v) is 4.01. The summed E-state index contributed by atoms with van der Waals surface area (Å²) < 4.78 is 10.4. The van der Waals surface area contributed by atoms with Gasteiger partial charge in [0.1, 0.15) is 11.5 Å². The van der Waals surface area contributed by atoms with Crippen LogP contribution in [-0.2, 0) is 13.0 Å². The summed E-state index contributed by atoms with van der Waals surface area (Å²) in [6.45, 7) is 1.61. The van der Waals surface area contributed by atoms with Gasteiger partial charge in [0.25, 0.3) is 0 Å². The van der Waals surface area contributed by atoms with E-state index < -0.39 is 0 Å². The predicted molar refractivity (Wildman–Crippen MR) is 103 cm³/mol. The van der Waals surface area contributed by atoms with E-state index in [0.717, 1.165) is 37.0 Å². The molecule has 2 aromatic rings. The Bertz CT molecular complexity index is 666. The van der Waals surface area contributed by atoms with Crippen molar-refractivity contribution < 1.29 is 9.47 Å². The molecule has 134 valence electrons. The second kappa shape index (κ2) is 9.57. The van der Waals surface area contributed by atoms with Crippen LogP contribution in [0.4, 0.5) is 0 Å². The molecule has 0 amide bonds. The molecule has 1 N–H and O–H groups in total. The van der Waals surface area contributed by atoms with Crippen LogP contribution in [0.2, 0.25) is 0 Å². The van der Waals surface area contributed by atoms with Crippen LogP contribution in [0.1, 0.15) is 11.1 Å². The highest BCUT2D eigenvalue weighted by atomic mass is 16.5. The van der Waals surface area contributed by atoms with Gasteiger partial charge in [-0.15, -0.1) is 0 Å². The lowest BCUT2D eigenvalue weighted by molar-refractivity contribution is 0.414. The summed E-state index contributed by atoms with van der Waals surface area (Å²) in [5.74, 6) is 2.63. The second-order valence-corrected chi connectivity index (χ2v) is 5.78. The molecule has 2 rings (SSSR count). The lowest BCUT2D eigenvalue weighted by Crippen LogP contribution is -2.39. The van der Waals surface area contributed by atoms with Gasteiger partial charge in [-0.3, -0.25) is 4.99 Å². The number of guanidine groups is 1. The summed E-state index contributed by atoms with van der Waals surface area (Å²) in [5, 5.41) is 3.41. The van der Waals surface area contributed by atoms with E-state index in [9.17, 15) is 0 Å². The molecular formula is C20H27N3O2. The van der Waals surface area contributed by atoms with E-state index in [1.165, 1.54) is 11.1 Å². The Kier molecular flexibility index (Phi) is 7.14. The van der Waals surface area contributed by atoms with Crippen LogP contribution in [0.5, 0.6) is 11.5 Å². The summed E-state index contributed by atoms with van der Waals surface area (Å²) in [7, 11) is 7.20. The molecule has 25 heavy (non-hydrogen) atoms. The molecule has 0 saturated carbocycles. The minimum Gasteiger partial charge on any atom is -0.497 e. The molecular weight excluding hydrogens is 314 g/mol. The SMILES string of the molecule is CN=C(NCCc1ccc(OC)cc1)N(C)Cc1ccc(OC)cc1. The van der Waals surface area contributed by atoms with E-state index in [4.69, 9.17) is 9.47 Å². The van der Waals surface area contributed by atoms with Gasteiger partial charge in [-0.25, -0.2) is 0 Å². The summed E-state index contributed by atoms with van der Waals surface area (Å²) in [5.41, 5.74) is 2.47. The molecule has 5 nitrogen and oxygen atoms in total. The number of benzene rings is 2. The number of ether oxygens (including phenoxy) is 2. The molecule has 0 fully saturated rings. The second-order valence-electron chi connectivity index (χ2n) is 5.78.